The predicted octanol–water partition coefficient (Wildman–Crippen LogP) is 1.48. The molecule has 0 aliphatic carbocycles. The molecule has 98 valence electrons. The number of hydrogen-bond acceptors (Lipinski definition) is 3. The Labute approximate surface area is 108 Å². The average Bonchev–Trinajstić information content (AvgIpc) is 2.32. The van der Waals surface area contributed by atoms with Gasteiger partial charge in [0.1, 0.15) is 5.75 Å². The number of aromatic hydroxyl groups is 1. The number of aryl methyl sites for hydroxylation is 1. The van der Waals surface area contributed by atoms with Crippen molar-refractivity contribution in [1.82, 2.24) is 9.80 Å². The fraction of sp³-hybridized carbons (Fsp3) is 0.500. The van der Waals surface area contributed by atoms with E-state index in [1.165, 1.54) is 0 Å². The fourth-order valence-electron chi connectivity index (χ4n) is 2.35. The first kappa shape index (κ1) is 12.9. The van der Waals surface area contributed by atoms with Crippen molar-refractivity contribution in [1.29, 1.82) is 0 Å². The van der Waals surface area contributed by atoms with Gasteiger partial charge in [0.15, 0.2) is 0 Å². The number of nitrogens with zero attached hydrogens (tertiary/aromatic N) is 2. The van der Waals surface area contributed by atoms with Gasteiger partial charge in [0.2, 0.25) is 0 Å². The van der Waals surface area contributed by atoms with E-state index in [1.54, 1.807) is 18.2 Å². The first-order valence-electron chi connectivity index (χ1n) is 6.28. The Bertz CT molecular complexity index is 459. The SMILES string of the molecule is Cc1ccc(C(=O)N2CCN(C)CC2C)cc1O. The molecule has 4 heteroatoms. The molecule has 1 amide bonds. The first-order chi connectivity index (χ1) is 8.49. The summed E-state index contributed by atoms with van der Waals surface area (Å²) in [5.41, 5.74) is 1.35. The molecule has 4 nitrogen and oxygen atoms in total. The summed E-state index contributed by atoms with van der Waals surface area (Å²) in [6.07, 6.45) is 0. The molecule has 0 spiro atoms. The Hall–Kier alpha value is -1.55. The number of piperazine rings is 1. The van der Waals surface area contributed by atoms with Gasteiger partial charge in [-0.3, -0.25) is 4.79 Å². The molecule has 1 heterocycles. The maximum atomic E-state index is 12.4. The van der Waals surface area contributed by atoms with E-state index in [0.717, 1.165) is 25.2 Å². The summed E-state index contributed by atoms with van der Waals surface area (Å²) >= 11 is 0. The molecule has 1 aromatic carbocycles. The highest BCUT2D eigenvalue weighted by molar-refractivity contribution is 5.95. The third-order valence-corrected chi connectivity index (χ3v) is 3.55. The molecule has 0 aromatic heterocycles. The van der Waals surface area contributed by atoms with Crippen molar-refractivity contribution >= 4 is 5.91 Å². The van der Waals surface area contributed by atoms with Crippen LogP contribution in [0, 0.1) is 6.92 Å². The number of phenols is 1. The number of benzene rings is 1. The fourth-order valence-corrected chi connectivity index (χ4v) is 2.35. The van der Waals surface area contributed by atoms with Gasteiger partial charge in [0.05, 0.1) is 0 Å². The average molecular weight is 248 g/mol. The molecule has 1 N–H and O–H groups in total. The van der Waals surface area contributed by atoms with Crippen LogP contribution in [0.2, 0.25) is 0 Å². The van der Waals surface area contributed by atoms with Crippen LogP contribution in [0.25, 0.3) is 0 Å². The second kappa shape index (κ2) is 4.98. The van der Waals surface area contributed by atoms with Crippen LogP contribution in [0.4, 0.5) is 0 Å². The molecule has 0 radical (unpaired) electrons. The monoisotopic (exact) mass is 248 g/mol. The zero-order valence-electron chi connectivity index (χ0n) is 11.2. The van der Waals surface area contributed by atoms with E-state index in [-0.39, 0.29) is 17.7 Å². The van der Waals surface area contributed by atoms with E-state index >= 15 is 0 Å². The molecule has 1 aliphatic heterocycles. The number of hydrogen-bond donors (Lipinski definition) is 1. The van der Waals surface area contributed by atoms with Crippen molar-refractivity contribution in [3.8, 4) is 5.75 Å². The van der Waals surface area contributed by atoms with Gasteiger partial charge >= 0.3 is 0 Å². The maximum absolute atomic E-state index is 12.4. The zero-order chi connectivity index (χ0) is 13.3. The molecule has 2 rings (SSSR count). The number of carbonyl (C=O) groups excluding carboxylic acids is 1. The zero-order valence-corrected chi connectivity index (χ0v) is 11.2. The van der Waals surface area contributed by atoms with Crippen LogP contribution in [0.1, 0.15) is 22.8 Å². The van der Waals surface area contributed by atoms with Gasteiger partial charge in [-0.15, -0.1) is 0 Å². The molecular weight excluding hydrogens is 228 g/mol. The highest BCUT2D eigenvalue weighted by atomic mass is 16.3. The van der Waals surface area contributed by atoms with Gasteiger partial charge in [0.25, 0.3) is 5.91 Å². The topological polar surface area (TPSA) is 43.8 Å². The summed E-state index contributed by atoms with van der Waals surface area (Å²) < 4.78 is 0. The largest absolute Gasteiger partial charge is 0.508 e. The Morgan fingerprint density at radius 2 is 2.11 bits per heavy atom. The quantitative estimate of drug-likeness (QED) is 0.818. The third kappa shape index (κ3) is 2.48. The molecule has 1 atom stereocenters. The Balaban J connectivity index is 2.18. The minimum Gasteiger partial charge on any atom is -0.508 e. The van der Waals surface area contributed by atoms with Gasteiger partial charge in [-0.1, -0.05) is 6.07 Å². The number of likely N-dealkylation sites (N-methyl/N-ethyl adjacent to an activating group) is 1. The highest BCUT2D eigenvalue weighted by Gasteiger charge is 2.26. The normalized spacial score (nSPS) is 21.1. The van der Waals surface area contributed by atoms with Crippen molar-refractivity contribution in [2.24, 2.45) is 0 Å². The molecular formula is C14H20N2O2. The van der Waals surface area contributed by atoms with E-state index in [9.17, 15) is 9.90 Å². The second-order valence-electron chi connectivity index (χ2n) is 5.11. The van der Waals surface area contributed by atoms with Gasteiger partial charge in [-0.2, -0.15) is 0 Å². The van der Waals surface area contributed by atoms with Crippen LogP contribution >= 0.6 is 0 Å². The summed E-state index contributed by atoms with van der Waals surface area (Å²) in [7, 11) is 2.07. The van der Waals surface area contributed by atoms with Crippen LogP contribution in [-0.4, -0.2) is 53.5 Å². The Kier molecular flexibility index (Phi) is 3.57. The van der Waals surface area contributed by atoms with Crippen molar-refractivity contribution in [3.05, 3.63) is 29.3 Å². The van der Waals surface area contributed by atoms with Gasteiger partial charge in [-0.05, 0) is 38.6 Å². The standard InChI is InChI=1S/C14H20N2O2/c1-10-4-5-12(8-13(10)17)14(18)16-7-6-15(3)9-11(16)2/h4-5,8,11,17H,6-7,9H2,1-3H3. The molecule has 1 fully saturated rings. The second-order valence-corrected chi connectivity index (χ2v) is 5.11. The van der Waals surface area contributed by atoms with E-state index < -0.39 is 0 Å². The molecule has 0 saturated carbocycles. The van der Waals surface area contributed by atoms with Crippen LogP contribution in [0.3, 0.4) is 0 Å². The maximum Gasteiger partial charge on any atom is 0.254 e. The van der Waals surface area contributed by atoms with Crippen molar-refractivity contribution in [3.63, 3.8) is 0 Å². The van der Waals surface area contributed by atoms with Crippen molar-refractivity contribution < 1.29 is 9.90 Å². The smallest absolute Gasteiger partial charge is 0.254 e. The van der Waals surface area contributed by atoms with E-state index in [4.69, 9.17) is 0 Å². The Morgan fingerprint density at radius 1 is 1.39 bits per heavy atom. The lowest BCUT2D eigenvalue weighted by molar-refractivity contribution is 0.0533. The van der Waals surface area contributed by atoms with E-state index in [1.807, 2.05) is 11.8 Å². The van der Waals surface area contributed by atoms with Crippen LogP contribution in [-0.2, 0) is 0 Å². The van der Waals surface area contributed by atoms with Crippen LogP contribution in [0.15, 0.2) is 18.2 Å². The number of phenolic OH excluding ortho intramolecular Hbond substituents is 1. The van der Waals surface area contributed by atoms with Crippen molar-refractivity contribution in [2.45, 2.75) is 19.9 Å². The summed E-state index contributed by atoms with van der Waals surface area (Å²) in [4.78, 5) is 16.5. The first-order valence-corrected chi connectivity index (χ1v) is 6.28. The predicted molar refractivity (Wildman–Crippen MR) is 70.8 cm³/mol. The van der Waals surface area contributed by atoms with E-state index in [2.05, 4.69) is 18.9 Å². The lowest BCUT2D eigenvalue weighted by atomic mass is 10.1. The van der Waals surface area contributed by atoms with Crippen LogP contribution in [0.5, 0.6) is 5.75 Å². The lowest BCUT2D eigenvalue weighted by Gasteiger charge is -2.38. The molecule has 18 heavy (non-hydrogen) atoms. The lowest BCUT2D eigenvalue weighted by Crippen LogP contribution is -2.52. The highest BCUT2D eigenvalue weighted by Crippen LogP contribution is 2.20. The summed E-state index contributed by atoms with van der Waals surface area (Å²) in [5.74, 6) is 0.188. The Morgan fingerprint density at radius 3 is 2.72 bits per heavy atom. The van der Waals surface area contributed by atoms with Crippen molar-refractivity contribution in [2.75, 3.05) is 26.7 Å². The molecule has 1 unspecified atom stereocenters. The minimum atomic E-state index is 0.00546. The van der Waals surface area contributed by atoms with Gasteiger partial charge in [0, 0.05) is 31.2 Å². The summed E-state index contributed by atoms with van der Waals surface area (Å²) in [5, 5.41) is 9.68. The summed E-state index contributed by atoms with van der Waals surface area (Å²) in [6.45, 7) is 6.41. The van der Waals surface area contributed by atoms with E-state index in [0.29, 0.717) is 5.56 Å². The van der Waals surface area contributed by atoms with Crippen LogP contribution < -0.4 is 0 Å². The number of rotatable bonds is 1. The minimum absolute atomic E-state index is 0.00546. The number of amides is 1. The number of carbonyl (C=O) groups is 1. The van der Waals surface area contributed by atoms with Gasteiger partial charge < -0.3 is 14.9 Å². The molecule has 1 aromatic rings. The summed E-state index contributed by atoms with van der Waals surface area (Å²) in [6, 6.07) is 5.33. The molecule has 1 saturated heterocycles. The molecule has 0 bridgehead atoms. The van der Waals surface area contributed by atoms with Gasteiger partial charge in [-0.25, -0.2) is 0 Å². The molecule has 1 aliphatic rings. The third-order valence-electron chi connectivity index (χ3n) is 3.55.